The summed E-state index contributed by atoms with van der Waals surface area (Å²) in [5.74, 6) is 0.187. The van der Waals surface area contributed by atoms with Crippen molar-refractivity contribution in [2.24, 2.45) is 5.73 Å². The SMILES string of the molecule is CCN(CCC(=O)Nc1ccc(C(N)=O)cc1)C(=O)CCCc1nc2ccccc2[nH]1. The predicted octanol–water partition coefficient (Wildman–Crippen LogP) is 2.86. The van der Waals surface area contributed by atoms with Gasteiger partial charge in [0, 0.05) is 43.6 Å². The van der Waals surface area contributed by atoms with Crippen LogP contribution in [0.4, 0.5) is 5.69 Å². The van der Waals surface area contributed by atoms with Crippen LogP contribution in [-0.2, 0) is 16.0 Å². The van der Waals surface area contributed by atoms with Crippen molar-refractivity contribution in [1.29, 1.82) is 0 Å². The van der Waals surface area contributed by atoms with E-state index < -0.39 is 5.91 Å². The third-order valence-corrected chi connectivity index (χ3v) is 5.04. The third-order valence-electron chi connectivity index (χ3n) is 5.04. The Morgan fingerprint density at radius 1 is 1.06 bits per heavy atom. The minimum Gasteiger partial charge on any atom is -0.366 e. The summed E-state index contributed by atoms with van der Waals surface area (Å²) >= 11 is 0. The van der Waals surface area contributed by atoms with Crippen molar-refractivity contribution in [3.63, 3.8) is 0 Å². The number of aromatic nitrogens is 2. The van der Waals surface area contributed by atoms with Gasteiger partial charge in [0.2, 0.25) is 17.7 Å². The van der Waals surface area contributed by atoms with E-state index >= 15 is 0 Å². The molecule has 0 bridgehead atoms. The number of benzene rings is 2. The molecule has 0 aliphatic rings. The Kier molecular flexibility index (Phi) is 7.37. The minimum absolute atomic E-state index is 0.0252. The van der Waals surface area contributed by atoms with Crippen LogP contribution in [0.5, 0.6) is 0 Å². The molecule has 2 aromatic carbocycles. The van der Waals surface area contributed by atoms with Crippen LogP contribution in [0.15, 0.2) is 48.5 Å². The highest BCUT2D eigenvalue weighted by molar-refractivity contribution is 5.95. The summed E-state index contributed by atoms with van der Waals surface area (Å²) in [7, 11) is 0. The van der Waals surface area contributed by atoms with Gasteiger partial charge in [-0.15, -0.1) is 0 Å². The molecular formula is C23H27N5O3. The molecule has 4 N–H and O–H groups in total. The van der Waals surface area contributed by atoms with Crippen LogP contribution in [0.3, 0.4) is 0 Å². The monoisotopic (exact) mass is 421 g/mol. The Morgan fingerprint density at radius 2 is 1.81 bits per heavy atom. The molecule has 0 saturated heterocycles. The Hall–Kier alpha value is -3.68. The van der Waals surface area contributed by atoms with Crippen LogP contribution < -0.4 is 11.1 Å². The Balaban J connectivity index is 1.42. The second kappa shape index (κ2) is 10.4. The van der Waals surface area contributed by atoms with Gasteiger partial charge in [-0.05, 0) is 49.7 Å². The van der Waals surface area contributed by atoms with Gasteiger partial charge >= 0.3 is 0 Å². The lowest BCUT2D eigenvalue weighted by molar-refractivity contribution is -0.131. The van der Waals surface area contributed by atoms with Crippen LogP contribution in [-0.4, -0.2) is 45.7 Å². The standard InChI is InChI=1S/C23H27N5O3/c1-2-28(15-14-21(29)25-17-12-10-16(11-13-17)23(24)31)22(30)9-5-8-20-26-18-6-3-4-7-19(18)27-20/h3-4,6-7,10-13H,2,5,8-9,14-15H2,1H3,(H2,24,31)(H,25,29)(H,26,27). The van der Waals surface area contributed by atoms with E-state index in [4.69, 9.17) is 5.73 Å². The van der Waals surface area contributed by atoms with Gasteiger partial charge < -0.3 is 20.9 Å². The second-order valence-corrected chi connectivity index (χ2v) is 7.27. The Bertz CT molecular complexity index is 1030. The molecule has 0 aliphatic carbocycles. The number of nitrogens with one attached hydrogen (secondary N) is 2. The number of aryl methyl sites for hydroxylation is 1. The number of nitrogens with two attached hydrogens (primary N) is 1. The molecule has 3 aromatic rings. The quantitative estimate of drug-likeness (QED) is 0.466. The average Bonchev–Trinajstić information content (AvgIpc) is 3.17. The van der Waals surface area contributed by atoms with Crippen LogP contribution in [0.1, 0.15) is 42.4 Å². The van der Waals surface area contributed by atoms with Crippen molar-refractivity contribution in [2.75, 3.05) is 18.4 Å². The summed E-state index contributed by atoms with van der Waals surface area (Å²) < 4.78 is 0. The molecule has 0 atom stereocenters. The molecule has 8 nitrogen and oxygen atoms in total. The summed E-state index contributed by atoms with van der Waals surface area (Å²) in [6.45, 7) is 2.80. The molecule has 31 heavy (non-hydrogen) atoms. The van der Waals surface area contributed by atoms with Gasteiger partial charge in [-0.2, -0.15) is 0 Å². The van der Waals surface area contributed by atoms with Crippen molar-refractivity contribution >= 4 is 34.4 Å². The number of carbonyl (C=O) groups is 3. The van der Waals surface area contributed by atoms with Crippen LogP contribution in [0.25, 0.3) is 11.0 Å². The zero-order valence-electron chi connectivity index (χ0n) is 17.6. The molecule has 1 aromatic heterocycles. The van der Waals surface area contributed by atoms with Gasteiger partial charge in [-0.3, -0.25) is 14.4 Å². The number of hydrogen-bond acceptors (Lipinski definition) is 4. The number of fused-ring (bicyclic) bond motifs is 1. The summed E-state index contributed by atoms with van der Waals surface area (Å²) in [5, 5.41) is 2.76. The lowest BCUT2D eigenvalue weighted by Gasteiger charge is -2.20. The first-order valence-corrected chi connectivity index (χ1v) is 10.4. The number of nitrogens with zero attached hydrogens (tertiary/aromatic N) is 2. The average molecular weight is 422 g/mol. The summed E-state index contributed by atoms with van der Waals surface area (Å²) in [6, 6.07) is 14.2. The fourth-order valence-electron chi connectivity index (χ4n) is 3.33. The van der Waals surface area contributed by atoms with E-state index in [0.29, 0.717) is 43.6 Å². The van der Waals surface area contributed by atoms with E-state index in [1.165, 1.54) is 0 Å². The van der Waals surface area contributed by atoms with E-state index in [-0.39, 0.29) is 18.2 Å². The fraction of sp³-hybridized carbons (Fsp3) is 0.304. The molecule has 8 heteroatoms. The van der Waals surface area contributed by atoms with E-state index in [1.54, 1.807) is 29.2 Å². The Labute approximate surface area is 180 Å². The number of hydrogen-bond donors (Lipinski definition) is 3. The molecule has 3 rings (SSSR count). The number of imidazole rings is 1. The number of carbonyl (C=O) groups excluding carboxylic acids is 3. The maximum atomic E-state index is 12.5. The topological polar surface area (TPSA) is 121 Å². The zero-order valence-corrected chi connectivity index (χ0v) is 17.6. The first-order valence-electron chi connectivity index (χ1n) is 10.4. The maximum Gasteiger partial charge on any atom is 0.248 e. The van der Waals surface area contributed by atoms with Crippen molar-refractivity contribution < 1.29 is 14.4 Å². The smallest absolute Gasteiger partial charge is 0.248 e. The number of amides is 3. The largest absolute Gasteiger partial charge is 0.366 e. The van der Waals surface area contributed by atoms with Gasteiger partial charge in [0.1, 0.15) is 5.82 Å². The van der Waals surface area contributed by atoms with Gasteiger partial charge in [-0.1, -0.05) is 12.1 Å². The molecule has 0 radical (unpaired) electrons. The molecular weight excluding hydrogens is 394 g/mol. The molecule has 0 unspecified atom stereocenters. The lowest BCUT2D eigenvalue weighted by atomic mass is 10.2. The minimum atomic E-state index is -0.518. The highest BCUT2D eigenvalue weighted by Gasteiger charge is 2.14. The first kappa shape index (κ1) is 22.0. The summed E-state index contributed by atoms with van der Waals surface area (Å²) in [6.07, 6.45) is 1.98. The zero-order chi connectivity index (χ0) is 22.2. The first-order chi connectivity index (χ1) is 15.0. The van der Waals surface area contributed by atoms with Crippen LogP contribution >= 0.6 is 0 Å². The van der Waals surface area contributed by atoms with Crippen molar-refractivity contribution in [3.05, 3.63) is 59.9 Å². The fourth-order valence-corrected chi connectivity index (χ4v) is 3.33. The van der Waals surface area contributed by atoms with Crippen LogP contribution in [0, 0.1) is 0 Å². The van der Waals surface area contributed by atoms with E-state index in [9.17, 15) is 14.4 Å². The summed E-state index contributed by atoms with van der Waals surface area (Å²) in [5.41, 5.74) is 8.08. The Morgan fingerprint density at radius 3 is 2.48 bits per heavy atom. The maximum absolute atomic E-state index is 12.5. The number of rotatable bonds is 10. The molecule has 0 saturated carbocycles. The number of primary amides is 1. The van der Waals surface area contributed by atoms with E-state index in [2.05, 4.69) is 15.3 Å². The van der Waals surface area contributed by atoms with Crippen LogP contribution in [0.2, 0.25) is 0 Å². The highest BCUT2D eigenvalue weighted by atomic mass is 16.2. The number of H-pyrrole nitrogens is 1. The molecule has 1 heterocycles. The van der Waals surface area contributed by atoms with E-state index in [0.717, 1.165) is 16.9 Å². The van der Waals surface area contributed by atoms with Gasteiger partial charge in [-0.25, -0.2) is 4.98 Å². The number of para-hydroxylation sites is 2. The molecule has 3 amide bonds. The molecule has 0 spiro atoms. The normalized spacial score (nSPS) is 10.7. The van der Waals surface area contributed by atoms with Gasteiger partial charge in [0.05, 0.1) is 11.0 Å². The number of anilines is 1. The predicted molar refractivity (Wildman–Crippen MR) is 119 cm³/mol. The molecule has 0 aliphatic heterocycles. The van der Waals surface area contributed by atoms with Crippen molar-refractivity contribution in [1.82, 2.24) is 14.9 Å². The van der Waals surface area contributed by atoms with Gasteiger partial charge in [0.15, 0.2) is 0 Å². The molecule has 162 valence electrons. The van der Waals surface area contributed by atoms with Gasteiger partial charge in [0.25, 0.3) is 0 Å². The molecule has 0 fully saturated rings. The number of aromatic amines is 1. The third kappa shape index (κ3) is 6.15. The highest BCUT2D eigenvalue weighted by Crippen LogP contribution is 2.13. The van der Waals surface area contributed by atoms with Crippen molar-refractivity contribution in [3.8, 4) is 0 Å². The lowest BCUT2D eigenvalue weighted by Crippen LogP contribution is -2.33. The second-order valence-electron chi connectivity index (χ2n) is 7.27. The van der Waals surface area contributed by atoms with Crippen molar-refractivity contribution in [2.45, 2.75) is 32.6 Å². The summed E-state index contributed by atoms with van der Waals surface area (Å²) in [4.78, 5) is 45.3. The van der Waals surface area contributed by atoms with E-state index in [1.807, 2.05) is 31.2 Å².